The standard InChI is InChI=1S/C12H24N2O/c13-9-12(5-1-2-6-12)10-14-7-3-11(15)4-8-14/h11,15H,1-10,13H2. The minimum Gasteiger partial charge on any atom is -0.393 e. The Morgan fingerprint density at radius 2 is 1.80 bits per heavy atom. The molecule has 1 aliphatic heterocycles. The number of hydrogen-bond donors (Lipinski definition) is 2. The smallest absolute Gasteiger partial charge is 0.0564 e. The number of hydrogen-bond acceptors (Lipinski definition) is 3. The fourth-order valence-corrected chi connectivity index (χ4v) is 3.10. The molecule has 0 amide bonds. The minimum absolute atomic E-state index is 0.0568. The molecule has 2 fully saturated rings. The number of piperidine rings is 1. The fourth-order valence-electron chi connectivity index (χ4n) is 3.10. The predicted molar refractivity (Wildman–Crippen MR) is 61.6 cm³/mol. The second-order valence-electron chi connectivity index (χ2n) is 5.42. The molecule has 3 nitrogen and oxygen atoms in total. The molecular formula is C12H24N2O. The molecule has 88 valence electrons. The van der Waals surface area contributed by atoms with Gasteiger partial charge < -0.3 is 15.7 Å². The molecule has 15 heavy (non-hydrogen) atoms. The van der Waals surface area contributed by atoms with Crippen LogP contribution in [0, 0.1) is 5.41 Å². The maximum absolute atomic E-state index is 9.46. The van der Waals surface area contributed by atoms with E-state index in [1.165, 1.54) is 25.7 Å². The first-order valence-electron chi connectivity index (χ1n) is 6.35. The SMILES string of the molecule is NCC1(CN2CCC(O)CC2)CCCC1. The van der Waals surface area contributed by atoms with Crippen molar-refractivity contribution in [1.29, 1.82) is 0 Å². The quantitative estimate of drug-likeness (QED) is 0.732. The van der Waals surface area contributed by atoms with Crippen molar-refractivity contribution >= 4 is 0 Å². The van der Waals surface area contributed by atoms with Gasteiger partial charge in [-0.05, 0) is 37.6 Å². The molecule has 1 saturated heterocycles. The number of nitrogens with two attached hydrogens (primary N) is 1. The average Bonchev–Trinajstić information content (AvgIpc) is 2.71. The van der Waals surface area contributed by atoms with Gasteiger partial charge >= 0.3 is 0 Å². The van der Waals surface area contributed by atoms with E-state index in [1.54, 1.807) is 0 Å². The van der Waals surface area contributed by atoms with E-state index in [-0.39, 0.29) is 6.10 Å². The van der Waals surface area contributed by atoms with Crippen molar-refractivity contribution in [2.24, 2.45) is 11.1 Å². The Morgan fingerprint density at radius 3 is 2.33 bits per heavy atom. The number of rotatable bonds is 3. The molecule has 1 aliphatic carbocycles. The van der Waals surface area contributed by atoms with E-state index in [9.17, 15) is 5.11 Å². The lowest BCUT2D eigenvalue weighted by Crippen LogP contribution is -2.45. The van der Waals surface area contributed by atoms with Gasteiger partial charge in [0.25, 0.3) is 0 Å². The van der Waals surface area contributed by atoms with Crippen LogP contribution in [0.5, 0.6) is 0 Å². The van der Waals surface area contributed by atoms with E-state index in [0.717, 1.165) is 39.0 Å². The summed E-state index contributed by atoms with van der Waals surface area (Å²) in [5, 5.41) is 9.46. The van der Waals surface area contributed by atoms with Gasteiger partial charge in [-0.15, -0.1) is 0 Å². The summed E-state index contributed by atoms with van der Waals surface area (Å²) in [6.45, 7) is 4.12. The third kappa shape index (κ3) is 2.71. The number of nitrogens with zero attached hydrogens (tertiary/aromatic N) is 1. The van der Waals surface area contributed by atoms with Crippen LogP contribution in [-0.4, -0.2) is 42.3 Å². The van der Waals surface area contributed by atoms with Gasteiger partial charge in [0.2, 0.25) is 0 Å². The van der Waals surface area contributed by atoms with Gasteiger partial charge in [0, 0.05) is 19.6 Å². The highest BCUT2D eigenvalue weighted by molar-refractivity contribution is 4.89. The van der Waals surface area contributed by atoms with Gasteiger partial charge in [0.15, 0.2) is 0 Å². The first-order chi connectivity index (χ1) is 7.24. The van der Waals surface area contributed by atoms with E-state index in [0.29, 0.717) is 5.41 Å². The molecular weight excluding hydrogens is 188 g/mol. The van der Waals surface area contributed by atoms with Gasteiger partial charge in [0.1, 0.15) is 0 Å². The first kappa shape index (κ1) is 11.4. The number of likely N-dealkylation sites (tertiary alicyclic amines) is 1. The zero-order valence-electron chi connectivity index (χ0n) is 9.62. The summed E-state index contributed by atoms with van der Waals surface area (Å²) < 4.78 is 0. The summed E-state index contributed by atoms with van der Waals surface area (Å²) in [5.41, 5.74) is 6.34. The Balaban J connectivity index is 1.84. The van der Waals surface area contributed by atoms with Gasteiger partial charge in [0.05, 0.1) is 6.10 Å². The number of aliphatic hydroxyl groups is 1. The molecule has 0 aromatic rings. The summed E-state index contributed by atoms with van der Waals surface area (Å²) in [7, 11) is 0. The van der Waals surface area contributed by atoms with Crippen LogP contribution in [0.15, 0.2) is 0 Å². The molecule has 1 heterocycles. The normalized spacial score (nSPS) is 28.4. The van der Waals surface area contributed by atoms with Crippen molar-refractivity contribution < 1.29 is 5.11 Å². The maximum atomic E-state index is 9.46. The van der Waals surface area contributed by atoms with E-state index in [1.807, 2.05) is 0 Å². The van der Waals surface area contributed by atoms with E-state index < -0.39 is 0 Å². The molecule has 3 N–H and O–H groups in total. The van der Waals surface area contributed by atoms with Crippen molar-refractivity contribution in [2.75, 3.05) is 26.2 Å². The predicted octanol–water partition coefficient (Wildman–Crippen LogP) is 0.962. The van der Waals surface area contributed by atoms with Crippen LogP contribution in [0.2, 0.25) is 0 Å². The molecule has 2 aliphatic rings. The third-order valence-electron chi connectivity index (χ3n) is 4.21. The third-order valence-corrected chi connectivity index (χ3v) is 4.21. The fraction of sp³-hybridized carbons (Fsp3) is 1.00. The molecule has 3 heteroatoms. The van der Waals surface area contributed by atoms with E-state index >= 15 is 0 Å². The van der Waals surface area contributed by atoms with Crippen molar-refractivity contribution in [3.8, 4) is 0 Å². The molecule has 0 spiro atoms. The highest BCUT2D eigenvalue weighted by atomic mass is 16.3. The number of aliphatic hydroxyl groups excluding tert-OH is 1. The second kappa shape index (κ2) is 4.81. The zero-order valence-corrected chi connectivity index (χ0v) is 9.62. The van der Waals surface area contributed by atoms with Crippen molar-refractivity contribution in [3.05, 3.63) is 0 Å². The van der Waals surface area contributed by atoms with Gasteiger partial charge in [-0.25, -0.2) is 0 Å². The van der Waals surface area contributed by atoms with Crippen LogP contribution in [0.25, 0.3) is 0 Å². The molecule has 0 unspecified atom stereocenters. The van der Waals surface area contributed by atoms with Crippen LogP contribution in [0.1, 0.15) is 38.5 Å². The highest BCUT2D eigenvalue weighted by Crippen LogP contribution is 2.38. The largest absolute Gasteiger partial charge is 0.393 e. The lowest BCUT2D eigenvalue weighted by atomic mass is 9.85. The van der Waals surface area contributed by atoms with Gasteiger partial charge in [-0.3, -0.25) is 0 Å². The van der Waals surface area contributed by atoms with Crippen LogP contribution in [-0.2, 0) is 0 Å². The van der Waals surface area contributed by atoms with Crippen LogP contribution in [0.3, 0.4) is 0 Å². The lowest BCUT2D eigenvalue weighted by Gasteiger charge is -2.37. The Morgan fingerprint density at radius 1 is 1.20 bits per heavy atom. The van der Waals surface area contributed by atoms with Crippen LogP contribution in [0.4, 0.5) is 0 Å². The molecule has 2 rings (SSSR count). The molecule has 0 radical (unpaired) electrons. The highest BCUT2D eigenvalue weighted by Gasteiger charge is 2.34. The molecule has 0 bridgehead atoms. The molecule has 0 aromatic carbocycles. The van der Waals surface area contributed by atoms with E-state index in [2.05, 4.69) is 4.90 Å². The zero-order chi connectivity index (χ0) is 10.7. The average molecular weight is 212 g/mol. The van der Waals surface area contributed by atoms with Crippen molar-refractivity contribution in [2.45, 2.75) is 44.6 Å². The summed E-state index contributed by atoms with van der Waals surface area (Å²) in [6, 6.07) is 0. The Bertz CT molecular complexity index is 194. The van der Waals surface area contributed by atoms with Gasteiger partial charge in [-0.1, -0.05) is 12.8 Å². The topological polar surface area (TPSA) is 49.5 Å². The first-order valence-corrected chi connectivity index (χ1v) is 6.35. The Labute approximate surface area is 92.6 Å². The Hall–Kier alpha value is -0.120. The molecule has 1 saturated carbocycles. The maximum Gasteiger partial charge on any atom is 0.0564 e. The monoisotopic (exact) mass is 212 g/mol. The minimum atomic E-state index is -0.0568. The molecule has 0 atom stereocenters. The van der Waals surface area contributed by atoms with E-state index in [4.69, 9.17) is 5.73 Å². The molecule has 0 aromatic heterocycles. The van der Waals surface area contributed by atoms with Crippen molar-refractivity contribution in [1.82, 2.24) is 4.90 Å². The summed E-state index contributed by atoms with van der Waals surface area (Å²) in [4.78, 5) is 2.50. The van der Waals surface area contributed by atoms with Gasteiger partial charge in [-0.2, -0.15) is 0 Å². The summed E-state index contributed by atoms with van der Waals surface area (Å²) >= 11 is 0. The van der Waals surface area contributed by atoms with Crippen LogP contribution < -0.4 is 5.73 Å². The van der Waals surface area contributed by atoms with Crippen molar-refractivity contribution in [3.63, 3.8) is 0 Å². The summed E-state index contributed by atoms with van der Waals surface area (Å²) in [5.74, 6) is 0. The summed E-state index contributed by atoms with van der Waals surface area (Å²) in [6.07, 6.45) is 7.16. The second-order valence-corrected chi connectivity index (χ2v) is 5.42. The lowest BCUT2D eigenvalue weighted by molar-refractivity contribution is 0.0588. The van der Waals surface area contributed by atoms with Crippen LogP contribution >= 0.6 is 0 Å². The Kier molecular flexibility index (Phi) is 3.65.